The van der Waals surface area contributed by atoms with Gasteiger partial charge < -0.3 is 19.4 Å². The van der Waals surface area contributed by atoms with Gasteiger partial charge in [-0.3, -0.25) is 4.79 Å². The van der Waals surface area contributed by atoms with E-state index in [4.69, 9.17) is 11.6 Å². The van der Waals surface area contributed by atoms with Crippen molar-refractivity contribution in [2.45, 2.75) is 6.54 Å². The van der Waals surface area contributed by atoms with Crippen molar-refractivity contribution in [1.82, 2.24) is 9.55 Å². The van der Waals surface area contributed by atoms with Crippen LogP contribution in [0.2, 0.25) is 5.28 Å². The molecule has 1 N–H and O–H groups in total. The molecule has 0 saturated carbocycles. The molecule has 8 nitrogen and oxygen atoms in total. The molecule has 1 aromatic carbocycles. The van der Waals surface area contributed by atoms with Crippen molar-refractivity contribution in [2.24, 2.45) is 0 Å². The highest BCUT2D eigenvalue weighted by atomic mass is 35.5. The van der Waals surface area contributed by atoms with Crippen LogP contribution in [0.5, 0.6) is 0 Å². The number of methoxy groups -OCH3 is 2. The van der Waals surface area contributed by atoms with Gasteiger partial charge in [0.15, 0.2) is 0 Å². The van der Waals surface area contributed by atoms with E-state index in [1.165, 1.54) is 49.4 Å². The van der Waals surface area contributed by atoms with E-state index in [0.29, 0.717) is 0 Å². The van der Waals surface area contributed by atoms with Gasteiger partial charge in [-0.15, -0.1) is 0 Å². The Bertz CT molecular complexity index is 787. The van der Waals surface area contributed by atoms with Crippen LogP contribution in [0.15, 0.2) is 30.6 Å². The minimum absolute atomic E-state index is 0.107. The average molecular weight is 352 g/mol. The smallest absolute Gasteiger partial charge is 0.339 e. The number of esters is 2. The minimum Gasteiger partial charge on any atom is -0.465 e. The van der Waals surface area contributed by atoms with Gasteiger partial charge >= 0.3 is 11.9 Å². The van der Waals surface area contributed by atoms with Crippen molar-refractivity contribution in [1.29, 1.82) is 0 Å². The lowest BCUT2D eigenvalue weighted by molar-refractivity contribution is -0.116. The number of imidazole rings is 1. The summed E-state index contributed by atoms with van der Waals surface area (Å²) < 4.78 is 10.7. The van der Waals surface area contributed by atoms with Gasteiger partial charge in [-0.1, -0.05) is 0 Å². The van der Waals surface area contributed by atoms with Crippen molar-refractivity contribution in [2.75, 3.05) is 19.5 Å². The van der Waals surface area contributed by atoms with Crippen LogP contribution in [0, 0.1) is 0 Å². The number of anilines is 1. The van der Waals surface area contributed by atoms with Gasteiger partial charge in [0.1, 0.15) is 6.54 Å². The third kappa shape index (κ3) is 3.90. The molecular formula is C15H14ClN3O5. The molecule has 0 saturated heterocycles. The molecule has 0 radical (unpaired) electrons. The Morgan fingerprint density at radius 2 is 1.92 bits per heavy atom. The molecular weight excluding hydrogens is 338 g/mol. The summed E-state index contributed by atoms with van der Waals surface area (Å²) in [7, 11) is 2.45. The predicted molar refractivity (Wildman–Crippen MR) is 85.0 cm³/mol. The fourth-order valence-corrected chi connectivity index (χ4v) is 2.13. The minimum atomic E-state index is -0.651. The summed E-state index contributed by atoms with van der Waals surface area (Å²) in [6.07, 6.45) is 2.99. The fourth-order valence-electron chi connectivity index (χ4n) is 1.95. The van der Waals surface area contributed by atoms with Crippen LogP contribution >= 0.6 is 11.6 Å². The lowest BCUT2D eigenvalue weighted by atomic mass is 10.1. The van der Waals surface area contributed by atoms with E-state index in [-0.39, 0.29) is 28.6 Å². The fraction of sp³-hybridized carbons (Fsp3) is 0.200. The summed E-state index contributed by atoms with van der Waals surface area (Å²) in [6.45, 7) is -0.109. The second kappa shape index (κ2) is 7.60. The zero-order valence-electron chi connectivity index (χ0n) is 12.9. The van der Waals surface area contributed by atoms with Gasteiger partial charge in [0, 0.05) is 12.4 Å². The van der Waals surface area contributed by atoms with Crippen LogP contribution in [0.1, 0.15) is 20.7 Å². The average Bonchev–Trinajstić information content (AvgIpc) is 2.98. The number of benzene rings is 1. The number of aromatic nitrogens is 2. The van der Waals surface area contributed by atoms with E-state index in [0.717, 1.165) is 0 Å². The molecule has 1 heterocycles. The first-order valence-electron chi connectivity index (χ1n) is 6.73. The van der Waals surface area contributed by atoms with Crippen LogP contribution in [0.3, 0.4) is 0 Å². The quantitative estimate of drug-likeness (QED) is 0.824. The van der Waals surface area contributed by atoms with E-state index in [9.17, 15) is 14.4 Å². The van der Waals surface area contributed by atoms with Crippen molar-refractivity contribution < 1.29 is 23.9 Å². The second-order valence-corrected chi connectivity index (χ2v) is 4.95. The van der Waals surface area contributed by atoms with Crippen molar-refractivity contribution >= 4 is 35.1 Å². The van der Waals surface area contributed by atoms with E-state index < -0.39 is 17.8 Å². The molecule has 126 valence electrons. The van der Waals surface area contributed by atoms with E-state index in [1.54, 1.807) is 0 Å². The Hall–Kier alpha value is -2.87. The normalized spacial score (nSPS) is 10.1. The summed E-state index contributed by atoms with van der Waals surface area (Å²) in [5.74, 6) is -1.70. The van der Waals surface area contributed by atoms with Crippen LogP contribution < -0.4 is 5.32 Å². The summed E-state index contributed by atoms with van der Waals surface area (Å²) >= 11 is 5.81. The standard InChI is InChI=1S/C15H14ClN3O5/c1-23-13(21)9-3-4-10(14(22)24-2)11(7-9)18-12(20)8-19-6-5-17-15(19)16/h3-7H,8H2,1-2H3,(H,18,20). The topological polar surface area (TPSA) is 99.5 Å². The SMILES string of the molecule is COC(=O)c1ccc(C(=O)OC)c(NC(=O)Cn2ccnc2Cl)c1. The molecule has 0 aliphatic carbocycles. The number of carbonyl (C=O) groups is 3. The zero-order valence-corrected chi connectivity index (χ0v) is 13.7. The highest BCUT2D eigenvalue weighted by Crippen LogP contribution is 2.20. The number of rotatable bonds is 5. The molecule has 2 rings (SSSR count). The molecule has 0 atom stereocenters. The highest BCUT2D eigenvalue weighted by Gasteiger charge is 2.17. The molecule has 0 unspecified atom stereocenters. The Labute approximate surface area is 142 Å². The number of amides is 1. The molecule has 24 heavy (non-hydrogen) atoms. The van der Waals surface area contributed by atoms with Crippen LogP contribution in [0.4, 0.5) is 5.69 Å². The Kier molecular flexibility index (Phi) is 5.54. The van der Waals surface area contributed by atoms with E-state index in [2.05, 4.69) is 19.8 Å². The predicted octanol–water partition coefficient (Wildman–Crippen LogP) is 1.75. The van der Waals surface area contributed by atoms with Gasteiger partial charge in [-0.25, -0.2) is 14.6 Å². The third-order valence-electron chi connectivity index (χ3n) is 3.10. The van der Waals surface area contributed by atoms with Gasteiger partial charge in [-0.05, 0) is 29.8 Å². The second-order valence-electron chi connectivity index (χ2n) is 4.62. The van der Waals surface area contributed by atoms with Crippen molar-refractivity contribution in [3.8, 4) is 0 Å². The number of hydrogen-bond donors (Lipinski definition) is 1. The van der Waals surface area contributed by atoms with Crippen LogP contribution in [-0.2, 0) is 20.8 Å². The van der Waals surface area contributed by atoms with E-state index >= 15 is 0 Å². The number of halogens is 1. The zero-order chi connectivity index (χ0) is 17.7. The Balaban J connectivity index is 2.28. The summed E-state index contributed by atoms with van der Waals surface area (Å²) in [6, 6.07) is 4.11. The molecule has 0 aliphatic rings. The van der Waals surface area contributed by atoms with Crippen LogP contribution in [-0.4, -0.2) is 41.6 Å². The summed E-state index contributed by atoms with van der Waals surface area (Å²) in [4.78, 5) is 39.4. The summed E-state index contributed by atoms with van der Waals surface area (Å²) in [5.41, 5.74) is 0.419. The molecule has 0 fully saturated rings. The largest absolute Gasteiger partial charge is 0.465 e. The number of hydrogen-bond acceptors (Lipinski definition) is 6. The monoisotopic (exact) mass is 351 g/mol. The van der Waals surface area contributed by atoms with E-state index in [1.807, 2.05) is 0 Å². The maximum absolute atomic E-state index is 12.2. The molecule has 1 aromatic heterocycles. The maximum atomic E-state index is 12.2. The highest BCUT2D eigenvalue weighted by molar-refractivity contribution is 6.28. The molecule has 0 spiro atoms. The first kappa shape index (κ1) is 17.5. The first-order valence-corrected chi connectivity index (χ1v) is 7.11. The lowest BCUT2D eigenvalue weighted by Crippen LogP contribution is -2.20. The maximum Gasteiger partial charge on any atom is 0.339 e. The number of nitrogens with zero attached hydrogens (tertiary/aromatic N) is 2. The number of nitrogens with one attached hydrogen (secondary N) is 1. The first-order chi connectivity index (χ1) is 11.5. The van der Waals surface area contributed by atoms with Gasteiger partial charge in [-0.2, -0.15) is 0 Å². The number of carbonyl (C=O) groups excluding carboxylic acids is 3. The molecule has 1 amide bonds. The Morgan fingerprint density at radius 3 is 2.50 bits per heavy atom. The molecule has 0 aliphatic heterocycles. The molecule has 2 aromatic rings. The van der Waals surface area contributed by atoms with Gasteiger partial charge in [0.05, 0.1) is 31.0 Å². The lowest BCUT2D eigenvalue weighted by Gasteiger charge is -2.12. The van der Waals surface area contributed by atoms with Gasteiger partial charge in [0.2, 0.25) is 11.2 Å². The van der Waals surface area contributed by atoms with Gasteiger partial charge in [0.25, 0.3) is 0 Å². The third-order valence-corrected chi connectivity index (χ3v) is 3.41. The van der Waals surface area contributed by atoms with Crippen molar-refractivity contribution in [3.05, 3.63) is 47.0 Å². The summed E-state index contributed by atoms with van der Waals surface area (Å²) in [5, 5.41) is 2.71. The van der Waals surface area contributed by atoms with Crippen LogP contribution in [0.25, 0.3) is 0 Å². The number of ether oxygens (including phenoxy) is 2. The Morgan fingerprint density at radius 1 is 1.21 bits per heavy atom. The molecule has 9 heteroatoms. The van der Waals surface area contributed by atoms with Crippen molar-refractivity contribution in [3.63, 3.8) is 0 Å². The molecule has 0 bridgehead atoms.